The Labute approximate surface area is 200 Å². The van der Waals surface area contributed by atoms with E-state index in [-0.39, 0.29) is 36.4 Å². The Balaban J connectivity index is 0.00000341. The standard InChI is InChI=1S/C23H28N6O.HI/c1-2-24-23(27-17-22(30)25-15-19-9-4-3-5-10-19)26-16-20-11-6-7-12-21(20)18-29-14-8-13-28-29;/h3-14H,2,15-18H2,1H3,(H,25,30)(H2,24,26,27);1H. The summed E-state index contributed by atoms with van der Waals surface area (Å²) in [4.78, 5) is 16.8. The van der Waals surface area contributed by atoms with Crippen molar-refractivity contribution in [3.8, 4) is 0 Å². The van der Waals surface area contributed by atoms with E-state index in [1.54, 1.807) is 6.20 Å². The van der Waals surface area contributed by atoms with E-state index in [9.17, 15) is 4.79 Å². The van der Waals surface area contributed by atoms with Crippen molar-refractivity contribution in [3.63, 3.8) is 0 Å². The lowest BCUT2D eigenvalue weighted by atomic mass is 10.1. The molecule has 1 heterocycles. The maximum Gasteiger partial charge on any atom is 0.239 e. The van der Waals surface area contributed by atoms with Crippen molar-refractivity contribution in [2.24, 2.45) is 4.99 Å². The molecule has 3 N–H and O–H groups in total. The van der Waals surface area contributed by atoms with Crippen molar-refractivity contribution < 1.29 is 4.79 Å². The van der Waals surface area contributed by atoms with Gasteiger partial charge in [-0.25, -0.2) is 4.99 Å². The van der Waals surface area contributed by atoms with E-state index in [4.69, 9.17) is 0 Å². The number of benzene rings is 2. The number of amides is 1. The van der Waals surface area contributed by atoms with E-state index in [2.05, 4.69) is 38.2 Å². The van der Waals surface area contributed by atoms with Gasteiger partial charge in [0.1, 0.15) is 0 Å². The van der Waals surface area contributed by atoms with Crippen molar-refractivity contribution >= 4 is 35.8 Å². The molecule has 7 nitrogen and oxygen atoms in total. The van der Waals surface area contributed by atoms with Gasteiger partial charge in [-0.1, -0.05) is 54.6 Å². The Morgan fingerprint density at radius 2 is 1.71 bits per heavy atom. The molecule has 0 aliphatic heterocycles. The molecule has 0 bridgehead atoms. The smallest absolute Gasteiger partial charge is 0.239 e. The first-order chi connectivity index (χ1) is 14.7. The Kier molecular flexibility index (Phi) is 10.6. The van der Waals surface area contributed by atoms with Gasteiger partial charge in [0.15, 0.2) is 5.96 Å². The van der Waals surface area contributed by atoms with Crippen LogP contribution in [0, 0.1) is 0 Å². The van der Waals surface area contributed by atoms with Crippen LogP contribution in [0.2, 0.25) is 0 Å². The highest BCUT2D eigenvalue weighted by Crippen LogP contribution is 2.11. The van der Waals surface area contributed by atoms with Crippen molar-refractivity contribution in [1.29, 1.82) is 0 Å². The maximum absolute atomic E-state index is 12.2. The van der Waals surface area contributed by atoms with E-state index < -0.39 is 0 Å². The van der Waals surface area contributed by atoms with Gasteiger partial charge in [0.05, 0.1) is 19.6 Å². The predicted molar refractivity (Wildman–Crippen MR) is 134 cm³/mol. The van der Waals surface area contributed by atoms with Gasteiger partial charge in [0.25, 0.3) is 0 Å². The Morgan fingerprint density at radius 3 is 2.42 bits per heavy atom. The summed E-state index contributed by atoms with van der Waals surface area (Å²) >= 11 is 0. The first-order valence-electron chi connectivity index (χ1n) is 10.1. The SMILES string of the molecule is CCNC(=NCc1ccccc1Cn1cccn1)NCC(=O)NCc1ccccc1.I. The van der Waals surface area contributed by atoms with E-state index in [1.165, 1.54) is 5.56 Å². The summed E-state index contributed by atoms with van der Waals surface area (Å²) in [5.41, 5.74) is 3.36. The first kappa shape index (κ1) is 24.4. The first-order valence-corrected chi connectivity index (χ1v) is 10.1. The van der Waals surface area contributed by atoms with Crippen molar-refractivity contribution in [2.75, 3.05) is 13.1 Å². The highest BCUT2D eigenvalue weighted by Gasteiger charge is 2.06. The second-order valence-electron chi connectivity index (χ2n) is 6.78. The molecule has 8 heteroatoms. The quantitative estimate of drug-likeness (QED) is 0.225. The van der Waals surface area contributed by atoms with Gasteiger partial charge >= 0.3 is 0 Å². The van der Waals surface area contributed by atoms with Crippen LogP contribution in [-0.4, -0.2) is 34.7 Å². The molecule has 3 aromatic rings. The molecule has 2 aromatic carbocycles. The van der Waals surface area contributed by atoms with Crippen LogP contribution in [0.3, 0.4) is 0 Å². The van der Waals surface area contributed by atoms with Crippen molar-refractivity contribution in [3.05, 3.63) is 89.7 Å². The molecule has 0 atom stereocenters. The summed E-state index contributed by atoms with van der Waals surface area (Å²) in [6.45, 7) is 4.59. The molecule has 0 saturated heterocycles. The number of hydrogen-bond acceptors (Lipinski definition) is 3. The molecule has 0 saturated carbocycles. The third-order valence-corrected chi connectivity index (χ3v) is 4.51. The summed E-state index contributed by atoms with van der Waals surface area (Å²) in [6, 6.07) is 19.9. The topological polar surface area (TPSA) is 83.3 Å². The lowest BCUT2D eigenvalue weighted by Gasteiger charge is -2.13. The van der Waals surface area contributed by atoms with Crippen LogP contribution in [0.25, 0.3) is 0 Å². The van der Waals surface area contributed by atoms with Gasteiger partial charge in [-0.2, -0.15) is 5.10 Å². The number of aliphatic imine (C=N–C) groups is 1. The number of carbonyl (C=O) groups excluding carboxylic acids is 1. The lowest BCUT2D eigenvalue weighted by molar-refractivity contribution is -0.120. The number of halogens is 1. The Morgan fingerprint density at radius 1 is 0.968 bits per heavy atom. The fourth-order valence-corrected chi connectivity index (χ4v) is 2.96. The second-order valence-corrected chi connectivity index (χ2v) is 6.78. The van der Waals surface area contributed by atoms with E-state index >= 15 is 0 Å². The molecule has 0 unspecified atom stereocenters. The zero-order chi connectivity index (χ0) is 21.0. The Bertz CT molecular complexity index is 944. The van der Waals surface area contributed by atoms with Gasteiger partial charge in [0.2, 0.25) is 5.91 Å². The summed E-state index contributed by atoms with van der Waals surface area (Å²) in [5.74, 6) is 0.532. The molecule has 0 fully saturated rings. The fourth-order valence-electron chi connectivity index (χ4n) is 2.96. The highest BCUT2D eigenvalue weighted by atomic mass is 127. The molecule has 3 rings (SSSR count). The van der Waals surface area contributed by atoms with Crippen LogP contribution >= 0.6 is 24.0 Å². The summed E-state index contributed by atoms with van der Waals surface area (Å²) in [7, 11) is 0. The fraction of sp³-hybridized carbons (Fsp3) is 0.261. The average molecular weight is 532 g/mol. The zero-order valence-electron chi connectivity index (χ0n) is 17.6. The van der Waals surface area contributed by atoms with Crippen molar-refractivity contribution in [1.82, 2.24) is 25.7 Å². The molecule has 0 aliphatic carbocycles. The number of aromatic nitrogens is 2. The predicted octanol–water partition coefficient (Wildman–Crippen LogP) is 2.92. The molecule has 164 valence electrons. The minimum absolute atomic E-state index is 0. The minimum atomic E-state index is -0.0801. The van der Waals surface area contributed by atoms with Crippen molar-refractivity contribution in [2.45, 2.75) is 26.6 Å². The number of rotatable bonds is 9. The van der Waals surface area contributed by atoms with Gasteiger partial charge in [-0.3, -0.25) is 9.48 Å². The summed E-state index contributed by atoms with van der Waals surface area (Å²) < 4.78 is 1.89. The zero-order valence-corrected chi connectivity index (χ0v) is 20.0. The molecule has 0 radical (unpaired) electrons. The van der Waals surface area contributed by atoms with Crippen LogP contribution in [-0.2, 0) is 24.4 Å². The molecule has 0 spiro atoms. The lowest BCUT2D eigenvalue weighted by Crippen LogP contribution is -2.43. The summed E-state index contributed by atoms with van der Waals surface area (Å²) in [6.07, 6.45) is 3.72. The number of carbonyl (C=O) groups is 1. The number of nitrogens with zero attached hydrogens (tertiary/aromatic N) is 3. The van der Waals surface area contributed by atoms with Crippen LogP contribution < -0.4 is 16.0 Å². The second kappa shape index (κ2) is 13.4. The summed E-state index contributed by atoms with van der Waals surface area (Å²) in [5, 5.41) is 13.5. The molecule has 31 heavy (non-hydrogen) atoms. The van der Waals surface area contributed by atoms with Gasteiger partial charge < -0.3 is 16.0 Å². The molecule has 1 amide bonds. The number of guanidine groups is 1. The van der Waals surface area contributed by atoms with Gasteiger partial charge in [-0.15, -0.1) is 24.0 Å². The monoisotopic (exact) mass is 532 g/mol. The molecule has 1 aromatic heterocycles. The van der Waals surface area contributed by atoms with Gasteiger partial charge in [-0.05, 0) is 29.7 Å². The van der Waals surface area contributed by atoms with Gasteiger partial charge in [0, 0.05) is 25.5 Å². The maximum atomic E-state index is 12.2. The number of hydrogen-bond donors (Lipinski definition) is 3. The minimum Gasteiger partial charge on any atom is -0.357 e. The highest BCUT2D eigenvalue weighted by molar-refractivity contribution is 14.0. The normalized spacial score (nSPS) is 10.8. The molecular weight excluding hydrogens is 503 g/mol. The van der Waals surface area contributed by atoms with Crippen LogP contribution in [0.15, 0.2) is 78.0 Å². The molecule has 0 aliphatic rings. The largest absolute Gasteiger partial charge is 0.357 e. The van der Waals surface area contributed by atoms with E-state index in [1.807, 2.05) is 66.3 Å². The average Bonchev–Trinajstić information content (AvgIpc) is 3.29. The third kappa shape index (κ3) is 8.41. The number of nitrogens with one attached hydrogen (secondary N) is 3. The van der Waals surface area contributed by atoms with Crippen LogP contribution in [0.4, 0.5) is 0 Å². The van der Waals surface area contributed by atoms with E-state index in [0.29, 0.717) is 32.1 Å². The van der Waals surface area contributed by atoms with Crippen LogP contribution in [0.5, 0.6) is 0 Å². The Hall–Kier alpha value is -2.88. The molecular formula is C23H29IN6O. The van der Waals surface area contributed by atoms with E-state index in [0.717, 1.165) is 11.1 Å². The van der Waals surface area contributed by atoms with Crippen LogP contribution in [0.1, 0.15) is 23.6 Å². The third-order valence-electron chi connectivity index (χ3n) is 4.51.